The van der Waals surface area contributed by atoms with Gasteiger partial charge in [0.1, 0.15) is 6.07 Å². The Morgan fingerprint density at radius 2 is 1.89 bits per heavy atom. The van der Waals surface area contributed by atoms with Gasteiger partial charge in [-0.2, -0.15) is 15.8 Å². The number of nitrogens with two attached hydrogens (primary N) is 1. The number of nitrogens with zero attached hydrogens (tertiary/aromatic N) is 4. The van der Waals surface area contributed by atoms with E-state index in [0.717, 1.165) is 18.4 Å². The van der Waals surface area contributed by atoms with Crippen molar-refractivity contribution in [1.82, 2.24) is 4.90 Å². The van der Waals surface area contributed by atoms with E-state index in [1.807, 2.05) is 7.05 Å². The number of fused-ring (bicyclic) bond motifs is 4. The highest BCUT2D eigenvalue weighted by molar-refractivity contribution is 6.35. The third-order valence-electron chi connectivity index (χ3n) is 6.52. The van der Waals surface area contributed by atoms with Gasteiger partial charge in [-0.1, -0.05) is 35.3 Å². The van der Waals surface area contributed by atoms with Crippen LogP contribution in [0.3, 0.4) is 0 Å². The molecular weight excluding hydrogens is 393 g/mol. The summed E-state index contributed by atoms with van der Waals surface area (Å²) in [4.78, 5) is 2.26. The first-order valence-corrected chi connectivity index (χ1v) is 9.77. The van der Waals surface area contributed by atoms with Crippen LogP contribution < -0.4 is 5.73 Å². The number of likely N-dealkylation sites (N-methyl/N-ethyl adjacent to an activating group) is 1. The summed E-state index contributed by atoms with van der Waals surface area (Å²) in [5.74, 6) is -0.828. The third kappa shape index (κ3) is 2.33. The first-order chi connectivity index (χ1) is 13.4. The van der Waals surface area contributed by atoms with Crippen LogP contribution >= 0.6 is 23.2 Å². The number of nitriles is 3. The number of halogens is 2. The summed E-state index contributed by atoms with van der Waals surface area (Å²) in [6.07, 6.45) is 3.96. The van der Waals surface area contributed by atoms with Crippen LogP contribution in [-0.2, 0) is 0 Å². The second-order valence-corrected chi connectivity index (χ2v) is 8.44. The number of benzene rings is 1. The fourth-order valence-corrected chi connectivity index (χ4v) is 5.71. The molecule has 2 bridgehead atoms. The zero-order valence-corrected chi connectivity index (χ0v) is 16.7. The van der Waals surface area contributed by atoms with Gasteiger partial charge in [-0.15, -0.1) is 0 Å². The normalized spacial score (nSPS) is 30.6. The van der Waals surface area contributed by atoms with Gasteiger partial charge in [0.05, 0.1) is 23.4 Å². The van der Waals surface area contributed by atoms with E-state index in [0.29, 0.717) is 15.6 Å². The molecule has 2 N–H and O–H groups in total. The van der Waals surface area contributed by atoms with Crippen molar-refractivity contribution in [3.8, 4) is 18.2 Å². The van der Waals surface area contributed by atoms with Crippen LogP contribution in [-0.4, -0.2) is 24.0 Å². The summed E-state index contributed by atoms with van der Waals surface area (Å²) in [5, 5.41) is 31.0. The molecule has 3 aliphatic rings. The van der Waals surface area contributed by atoms with Gasteiger partial charge in [0.2, 0.25) is 0 Å². The lowest BCUT2D eigenvalue weighted by Gasteiger charge is -2.48. The van der Waals surface area contributed by atoms with Gasteiger partial charge in [0.15, 0.2) is 5.41 Å². The summed E-state index contributed by atoms with van der Waals surface area (Å²) in [7, 11) is 2.05. The summed E-state index contributed by atoms with van der Waals surface area (Å²) < 4.78 is 0. The minimum Gasteiger partial charge on any atom is -0.399 e. The number of hydrogen-bond donors (Lipinski definition) is 1. The van der Waals surface area contributed by atoms with Crippen molar-refractivity contribution in [2.45, 2.75) is 30.8 Å². The second kappa shape index (κ2) is 6.54. The van der Waals surface area contributed by atoms with Gasteiger partial charge in [-0.25, -0.2) is 0 Å². The third-order valence-corrected chi connectivity index (χ3v) is 7.08. The van der Waals surface area contributed by atoms with Crippen molar-refractivity contribution in [2.75, 3.05) is 7.05 Å². The summed E-state index contributed by atoms with van der Waals surface area (Å²) in [5.41, 5.74) is 6.43. The van der Waals surface area contributed by atoms with E-state index in [9.17, 15) is 15.8 Å². The molecule has 2 aliphatic heterocycles. The molecule has 5 nitrogen and oxygen atoms in total. The van der Waals surface area contributed by atoms with Gasteiger partial charge >= 0.3 is 0 Å². The first-order valence-electron chi connectivity index (χ1n) is 9.01. The summed E-state index contributed by atoms with van der Waals surface area (Å²) in [6.45, 7) is 0. The monoisotopic (exact) mass is 409 g/mol. The maximum absolute atomic E-state index is 10.1. The maximum Gasteiger partial charge on any atom is 0.191 e. The molecule has 0 aromatic heterocycles. The maximum atomic E-state index is 10.1. The van der Waals surface area contributed by atoms with Crippen LogP contribution in [0.4, 0.5) is 0 Å². The topological polar surface area (TPSA) is 101 Å². The average molecular weight is 410 g/mol. The molecule has 0 spiro atoms. The molecule has 0 unspecified atom stereocenters. The Bertz CT molecular complexity index is 1040. The molecule has 4 atom stereocenters. The van der Waals surface area contributed by atoms with Crippen molar-refractivity contribution in [2.24, 2.45) is 17.1 Å². The molecule has 0 saturated carbocycles. The zero-order chi connectivity index (χ0) is 20.2. The lowest BCUT2D eigenvalue weighted by Crippen LogP contribution is -2.51. The largest absolute Gasteiger partial charge is 0.399 e. The van der Waals surface area contributed by atoms with Crippen molar-refractivity contribution in [3.63, 3.8) is 0 Å². The molecule has 1 fully saturated rings. The predicted octanol–water partition coefficient (Wildman–Crippen LogP) is 3.88. The molecular formula is C21H17Cl2N5. The molecule has 0 amide bonds. The number of allylic oxidation sites excluding steroid dienone is 2. The zero-order valence-electron chi connectivity index (χ0n) is 15.2. The highest BCUT2D eigenvalue weighted by atomic mass is 35.5. The molecule has 28 heavy (non-hydrogen) atoms. The minimum absolute atomic E-state index is 0.0162. The fraction of sp³-hybridized carbons (Fsp3) is 0.381. The summed E-state index contributed by atoms with van der Waals surface area (Å²) >= 11 is 12.6. The molecule has 1 aliphatic carbocycles. The Hall–Kier alpha value is -2.49. The Morgan fingerprint density at radius 1 is 1.18 bits per heavy atom. The predicted molar refractivity (Wildman–Crippen MR) is 106 cm³/mol. The highest BCUT2D eigenvalue weighted by Crippen LogP contribution is 2.59. The number of hydrogen-bond acceptors (Lipinski definition) is 5. The molecule has 1 aromatic rings. The Labute approximate surface area is 173 Å². The SMILES string of the molecule is CN1[C@@H]2CC[C@@H]1C=C1C(C#N)=C(N)C(C#N)(C#N)[C@@H](c3ccc(Cl)cc3Cl)[C@H]12. The molecule has 1 aromatic carbocycles. The van der Waals surface area contributed by atoms with E-state index in [4.69, 9.17) is 28.9 Å². The van der Waals surface area contributed by atoms with Crippen LogP contribution in [0, 0.1) is 45.3 Å². The van der Waals surface area contributed by atoms with Gasteiger partial charge in [0.25, 0.3) is 0 Å². The van der Waals surface area contributed by atoms with Crippen LogP contribution in [0.5, 0.6) is 0 Å². The van der Waals surface area contributed by atoms with Crippen LogP contribution in [0.25, 0.3) is 0 Å². The molecule has 140 valence electrons. The standard InChI is InChI=1S/C21H17Cl2N5/c1-28-12-3-5-17(28)18-14(7-12)15(8-24)20(27)21(9-25,10-26)19(18)13-4-2-11(22)6-16(13)23/h2,4,6-7,12,17-19H,3,5,27H2,1H3/t12-,17-,18-,19+/m1/s1. The van der Waals surface area contributed by atoms with E-state index in [1.54, 1.807) is 18.2 Å². The fourth-order valence-electron chi connectivity index (χ4n) is 5.19. The molecule has 7 heteroatoms. The van der Waals surface area contributed by atoms with Crippen LogP contribution in [0.1, 0.15) is 24.3 Å². The van der Waals surface area contributed by atoms with Gasteiger partial charge in [0, 0.05) is 34.0 Å². The van der Waals surface area contributed by atoms with Crippen molar-refractivity contribution in [1.29, 1.82) is 15.8 Å². The number of rotatable bonds is 1. The van der Waals surface area contributed by atoms with Crippen LogP contribution in [0.2, 0.25) is 10.0 Å². The first kappa shape index (κ1) is 18.9. The van der Waals surface area contributed by atoms with Gasteiger partial charge in [-0.05, 0) is 43.2 Å². The molecule has 4 rings (SSSR count). The van der Waals surface area contributed by atoms with Crippen molar-refractivity contribution >= 4 is 23.2 Å². The van der Waals surface area contributed by atoms with Crippen molar-refractivity contribution in [3.05, 3.63) is 56.7 Å². The van der Waals surface area contributed by atoms with E-state index in [1.165, 1.54) is 0 Å². The second-order valence-electron chi connectivity index (χ2n) is 7.60. The van der Waals surface area contributed by atoms with Crippen molar-refractivity contribution < 1.29 is 0 Å². The average Bonchev–Trinajstić information content (AvgIpc) is 2.91. The molecule has 0 radical (unpaired) electrons. The van der Waals surface area contributed by atoms with E-state index >= 15 is 0 Å². The molecule has 2 heterocycles. The lowest BCUT2D eigenvalue weighted by atomic mass is 9.56. The highest BCUT2D eigenvalue weighted by Gasteiger charge is 2.58. The lowest BCUT2D eigenvalue weighted by molar-refractivity contribution is 0.160. The smallest absolute Gasteiger partial charge is 0.191 e. The van der Waals surface area contributed by atoms with E-state index in [-0.39, 0.29) is 29.3 Å². The quantitative estimate of drug-likeness (QED) is 0.757. The Kier molecular flexibility index (Phi) is 4.40. The van der Waals surface area contributed by atoms with Gasteiger partial charge in [-0.3, -0.25) is 4.90 Å². The Morgan fingerprint density at radius 3 is 2.50 bits per heavy atom. The molecule has 1 saturated heterocycles. The Balaban J connectivity index is 2.07. The summed E-state index contributed by atoms with van der Waals surface area (Å²) in [6, 6.07) is 11.9. The van der Waals surface area contributed by atoms with E-state index in [2.05, 4.69) is 29.2 Å². The van der Waals surface area contributed by atoms with E-state index < -0.39 is 11.3 Å². The van der Waals surface area contributed by atoms with Crippen LogP contribution in [0.15, 0.2) is 41.1 Å². The minimum atomic E-state index is -1.68. The van der Waals surface area contributed by atoms with Gasteiger partial charge < -0.3 is 5.73 Å².